The van der Waals surface area contributed by atoms with E-state index in [-0.39, 0.29) is 24.0 Å². The van der Waals surface area contributed by atoms with E-state index in [9.17, 15) is 4.79 Å². The highest BCUT2D eigenvalue weighted by molar-refractivity contribution is 6.31. The molecule has 1 aliphatic rings. The van der Waals surface area contributed by atoms with Crippen LogP contribution < -0.4 is 10.6 Å². The lowest BCUT2D eigenvalue weighted by molar-refractivity contribution is 0.224. The van der Waals surface area contributed by atoms with Crippen LogP contribution in [0.1, 0.15) is 37.7 Å². The van der Waals surface area contributed by atoms with Gasteiger partial charge in [-0.3, -0.25) is 0 Å². The number of amides is 2. The van der Waals surface area contributed by atoms with Crippen molar-refractivity contribution in [2.75, 3.05) is 0 Å². The Balaban J connectivity index is 1.64. The summed E-state index contributed by atoms with van der Waals surface area (Å²) >= 11 is 6.29. The first kappa shape index (κ1) is 16.8. The Bertz CT molecular complexity index is 715. The number of nitrogens with one attached hydrogen (secondary N) is 2. The second-order valence-corrected chi connectivity index (χ2v) is 6.86. The number of carbonyl (C=O) groups is 1. The topological polar surface area (TPSA) is 71.8 Å². The van der Waals surface area contributed by atoms with Crippen LogP contribution in [0.4, 0.5) is 4.79 Å². The van der Waals surface area contributed by atoms with E-state index >= 15 is 0 Å². The minimum absolute atomic E-state index is 0.0539. The first-order valence-electron chi connectivity index (χ1n) is 8.22. The average molecular weight is 348 g/mol. The predicted octanol–water partition coefficient (Wildman–Crippen LogP) is 2.94. The lowest BCUT2D eigenvalue weighted by atomic mass is 9.96. The SMILES string of the molecule is CC(C)C(NC(=O)NC1CCc2ncnn2C1)c1ccccc1Cl. The quantitative estimate of drug-likeness (QED) is 0.893. The smallest absolute Gasteiger partial charge is 0.315 e. The third-order valence-corrected chi connectivity index (χ3v) is 4.68. The molecule has 0 saturated carbocycles. The minimum Gasteiger partial charge on any atom is -0.334 e. The Kier molecular flexibility index (Phi) is 5.04. The van der Waals surface area contributed by atoms with Crippen molar-refractivity contribution in [1.82, 2.24) is 25.4 Å². The van der Waals surface area contributed by atoms with Crippen LogP contribution in [0.15, 0.2) is 30.6 Å². The van der Waals surface area contributed by atoms with Crippen molar-refractivity contribution >= 4 is 17.6 Å². The van der Waals surface area contributed by atoms with Crippen LogP contribution in [-0.4, -0.2) is 26.8 Å². The van der Waals surface area contributed by atoms with Gasteiger partial charge in [0.25, 0.3) is 0 Å². The van der Waals surface area contributed by atoms with Gasteiger partial charge >= 0.3 is 6.03 Å². The van der Waals surface area contributed by atoms with Gasteiger partial charge < -0.3 is 10.6 Å². The summed E-state index contributed by atoms with van der Waals surface area (Å²) in [5.41, 5.74) is 0.937. The van der Waals surface area contributed by atoms with E-state index in [1.807, 2.05) is 28.9 Å². The molecule has 24 heavy (non-hydrogen) atoms. The predicted molar refractivity (Wildman–Crippen MR) is 92.8 cm³/mol. The maximum Gasteiger partial charge on any atom is 0.315 e. The van der Waals surface area contributed by atoms with Crippen molar-refractivity contribution < 1.29 is 4.79 Å². The zero-order valence-electron chi connectivity index (χ0n) is 13.9. The molecule has 0 spiro atoms. The number of carbonyl (C=O) groups excluding carboxylic acids is 1. The van der Waals surface area contributed by atoms with Gasteiger partial charge in [0, 0.05) is 11.4 Å². The molecule has 0 aliphatic carbocycles. The molecular formula is C17H22ClN5O. The van der Waals surface area contributed by atoms with E-state index in [4.69, 9.17) is 11.6 Å². The molecule has 1 aromatic heterocycles. The van der Waals surface area contributed by atoms with Crippen LogP contribution in [0.3, 0.4) is 0 Å². The minimum atomic E-state index is -0.179. The van der Waals surface area contributed by atoms with Crippen LogP contribution in [0.2, 0.25) is 5.02 Å². The van der Waals surface area contributed by atoms with Gasteiger partial charge in [0.1, 0.15) is 12.2 Å². The molecule has 2 heterocycles. The number of hydrogen-bond donors (Lipinski definition) is 2. The lowest BCUT2D eigenvalue weighted by Crippen LogP contribution is -2.47. The average Bonchev–Trinajstić information content (AvgIpc) is 3.01. The standard InChI is InChI=1S/C17H22ClN5O/c1-11(2)16(13-5-3-4-6-14(13)18)22-17(24)21-12-7-8-15-19-10-20-23(15)9-12/h3-6,10-12,16H,7-9H2,1-2H3,(H2,21,22,24). The van der Waals surface area contributed by atoms with E-state index in [1.165, 1.54) is 0 Å². The fraction of sp³-hybridized carbons (Fsp3) is 0.471. The summed E-state index contributed by atoms with van der Waals surface area (Å²) in [6.45, 7) is 4.79. The molecule has 2 unspecified atom stereocenters. The number of halogens is 1. The molecule has 2 amide bonds. The molecule has 1 aromatic carbocycles. The van der Waals surface area contributed by atoms with E-state index in [2.05, 4.69) is 34.6 Å². The summed E-state index contributed by atoms with van der Waals surface area (Å²) < 4.78 is 1.85. The Labute approximate surface area is 146 Å². The van der Waals surface area contributed by atoms with Gasteiger partial charge in [0.2, 0.25) is 0 Å². The summed E-state index contributed by atoms with van der Waals surface area (Å²) in [5, 5.41) is 10.9. The molecule has 6 nitrogen and oxygen atoms in total. The molecular weight excluding hydrogens is 326 g/mol. The van der Waals surface area contributed by atoms with Crippen molar-refractivity contribution in [3.8, 4) is 0 Å². The van der Waals surface area contributed by atoms with Crippen LogP contribution in [0.25, 0.3) is 0 Å². The number of aryl methyl sites for hydroxylation is 1. The number of rotatable bonds is 4. The summed E-state index contributed by atoms with van der Waals surface area (Å²) in [5.74, 6) is 1.20. The highest BCUT2D eigenvalue weighted by Gasteiger charge is 2.24. The molecule has 0 fully saturated rings. The van der Waals surface area contributed by atoms with Gasteiger partial charge in [-0.25, -0.2) is 14.5 Å². The first-order valence-corrected chi connectivity index (χ1v) is 8.60. The second kappa shape index (κ2) is 7.21. The van der Waals surface area contributed by atoms with Gasteiger partial charge in [0.05, 0.1) is 18.6 Å². The van der Waals surface area contributed by atoms with Crippen molar-refractivity contribution in [1.29, 1.82) is 0 Å². The molecule has 2 aromatic rings. The molecule has 2 atom stereocenters. The number of aromatic nitrogens is 3. The molecule has 1 aliphatic heterocycles. The lowest BCUT2D eigenvalue weighted by Gasteiger charge is -2.27. The summed E-state index contributed by atoms with van der Waals surface area (Å²) in [6, 6.07) is 7.36. The van der Waals surface area contributed by atoms with Gasteiger partial charge in [-0.1, -0.05) is 43.6 Å². The molecule has 7 heteroatoms. The number of urea groups is 1. The highest BCUT2D eigenvalue weighted by Crippen LogP contribution is 2.28. The Morgan fingerprint density at radius 2 is 2.17 bits per heavy atom. The number of hydrogen-bond acceptors (Lipinski definition) is 3. The normalized spacial score (nSPS) is 18.1. The number of benzene rings is 1. The fourth-order valence-electron chi connectivity index (χ4n) is 3.05. The van der Waals surface area contributed by atoms with Crippen LogP contribution in [0, 0.1) is 5.92 Å². The third kappa shape index (κ3) is 3.70. The van der Waals surface area contributed by atoms with E-state index < -0.39 is 0 Å². The summed E-state index contributed by atoms with van der Waals surface area (Å²) in [7, 11) is 0. The van der Waals surface area contributed by atoms with Crippen molar-refractivity contribution in [3.63, 3.8) is 0 Å². The molecule has 128 valence electrons. The zero-order chi connectivity index (χ0) is 17.1. The van der Waals surface area contributed by atoms with E-state index in [0.29, 0.717) is 11.6 Å². The van der Waals surface area contributed by atoms with Crippen LogP contribution in [-0.2, 0) is 13.0 Å². The highest BCUT2D eigenvalue weighted by atomic mass is 35.5. The van der Waals surface area contributed by atoms with Crippen LogP contribution in [0.5, 0.6) is 0 Å². The maximum atomic E-state index is 12.5. The summed E-state index contributed by atoms with van der Waals surface area (Å²) in [6.07, 6.45) is 3.25. The van der Waals surface area contributed by atoms with Crippen molar-refractivity contribution in [3.05, 3.63) is 47.0 Å². The molecule has 3 rings (SSSR count). The third-order valence-electron chi connectivity index (χ3n) is 4.33. The largest absolute Gasteiger partial charge is 0.334 e. The Morgan fingerprint density at radius 3 is 2.92 bits per heavy atom. The molecule has 0 saturated heterocycles. The van der Waals surface area contributed by atoms with Gasteiger partial charge in [0.15, 0.2) is 0 Å². The molecule has 0 bridgehead atoms. The maximum absolute atomic E-state index is 12.5. The Hall–Kier alpha value is -2.08. The van der Waals surface area contributed by atoms with Gasteiger partial charge in [-0.2, -0.15) is 5.10 Å². The van der Waals surface area contributed by atoms with Gasteiger partial charge in [-0.05, 0) is 24.0 Å². The van der Waals surface area contributed by atoms with Gasteiger partial charge in [-0.15, -0.1) is 0 Å². The Morgan fingerprint density at radius 1 is 1.38 bits per heavy atom. The van der Waals surface area contributed by atoms with E-state index in [1.54, 1.807) is 6.33 Å². The number of nitrogens with zero attached hydrogens (tertiary/aromatic N) is 3. The first-order chi connectivity index (χ1) is 11.5. The monoisotopic (exact) mass is 347 g/mol. The van der Waals surface area contributed by atoms with Crippen LogP contribution >= 0.6 is 11.6 Å². The zero-order valence-corrected chi connectivity index (χ0v) is 14.6. The second-order valence-electron chi connectivity index (χ2n) is 6.45. The van der Waals surface area contributed by atoms with Crippen molar-refractivity contribution in [2.24, 2.45) is 5.92 Å². The number of fused-ring (bicyclic) bond motifs is 1. The fourth-order valence-corrected chi connectivity index (χ4v) is 3.31. The molecule has 0 radical (unpaired) electrons. The summed E-state index contributed by atoms with van der Waals surface area (Å²) in [4.78, 5) is 16.7. The van der Waals surface area contributed by atoms with E-state index in [0.717, 1.165) is 24.2 Å². The van der Waals surface area contributed by atoms with Crippen molar-refractivity contribution in [2.45, 2.75) is 45.3 Å². The molecule has 2 N–H and O–H groups in total.